The fraction of sp³-hybridized carbons (Fsp3) is 0.417. The average Bonchev–Trinajstić information content (AvgIpc) is 2.62. The summed E-state index contributed by atoms with van der Waals surface area (Å²) < 4.78 is 5.74. The predicted octanol–water partition coefficient (Wildman–Crippen LogP) is 6.24. The highest BCUT2D eigenvalue weighted by atomic mass is 16.5. The fourth-order valence-corrected chi connectivity index (χ4v) is 2.53. The van der Waals surface area contributed by atoms with Crippen molar-refractivity contribution in [2.45, 2.75) is 52.9 Å². The van der Waals surface area contributed by atoms with Crippen LogP contribution in [0.2, 0.25) is 0 Å². The predicted molar refractivity (Wildman–Crippen MR) is 107 cm³/mol. The normalized spacial score (nSPS) is 10.4. The second-order valence-electron chi connectivity index (χ2n) is 6.96. The zero-order valence-electron chi connectivity index (χ0n) is 15.8. The molecular formula is C24H30O. The number of aryl methyl sites for hydroxylation is 1. The maximum Gasteiger partial charge on any atom is 0.119 e. The van der Waals surface area contributed by atoms with Crippen molar-refractivity contribution in [2.24, 2.45) is 5.92 Å². The SMILES string of the molecule is CCCCCc1ccc(C#Cc2ccc(OCCC(C)C)cc2)cc1. The van der Waals surface area contributed by atoms with Crippen LogP contribution in [0, 0.1) is 17.8 Å². The minimum Gasteiger partial charge on any atom is -0.494 e. The number of ether oxygens (including phenoxy) is 1. The van der Waals surface area contributed by atoms with E-state index in [-0.39, 0.29) is 0 Å². The Hall–Kier alpha value is -2.20. The van der Waals surface area contributed by atoms with Gasteiger partial charge in [0, 0.05) is 11.1 Å². The molecule has 0 spiro atoms. The maximum absolute atomic E-state index is 5.74. The third kappa shape index (κ3) is 7.48. The van der Waals surface area contributed by atoms with Gasteiger partial charge in [-0.15, -0.1) is 0 Å². The van der Waals surface area contributed by atoms with Crippen molar-refractivity contribution in [1.29, 1.82) is 0 Å². The second-order valence-corrected chi connectivity index (χ2v) is 6.96. The topological polar surface area (TPSA) is 9.23 Å². The van der Waals surface area contributed by atoms with Crippen LogP contribution in [-0.2, 0) is 6.42 Å². The molecule has 0 radical (unpaired) electrons. The fourth-order valence-electron chi connectivity index (χ4n) is 2.53. The first-order valence-electron chi connectivity index (χ1n) is 9.51. The largest absolute Gasteiger partial charge is 0.494 e. The van der Waals surface area contributed by atoms with Gasteiger partial charge < -0.3 is 4.74 Å². The van der Waals surface area contributed by atoms with E-state index in [2.05, 4.69) is 56.9 Å². The third-order valence-corrected chi connectivity index (χ3v) is 4.19. The van der Waals surface area contributed by atoms with Crippen molar-refractivity contribution in [1.82, 2.24) is 0 Å². The molecule has 0 saturated heterocycles. The van der Waals surface area contributed by atoms with E-state index < -0.39 is 0 Å². The van der Waals surface area contributed by atoms with Gasteiger partial charge in [-0.3, -0.25) is 0 Å². The molecule has 1 heteroatoms. The molecule has 25 heavy (non-hydrogen) atoms. The summed E-state index contributed by atoms with van der Waals surface area (Å²) in [6.07, 6.45) is 6.09. The number of unbranched alkanes of at least 4 members (excludes halogenated alkanes) is 2. The molecule has 0 aliphatic carbocycles. The summed E-state index contributed by atoms with van der Waals surface area (Å²) in [4.78, 5) is 0. The molecule has 0 amide bonds. The van der Waals surface area contributed by atoms with Crippen LogP contribution in [0.1, 0.15) is 63.1 Å². The van der Waals surface area contributed by atoms with Gasteiger partial charge in [0.15, 0.2) is 0 Å². The zero-order valence-corrected chi connectivity index (χ0v) is 15.8. The van der Waals surface area contributed by atoms with Crippen LogP contribution in [0.5, 0.6) is 5.75 Å². The van der Waals surface area contributed by atoms with Gasteiger partial charge >= 0.3 is 0 Å². The molecule has 2 rings (SSSR count). The Balaban J connectivity index is 1.87. The van der Waals surface area contributed by atoms with Gasteiger partial charge in [0.2, 0.25) is 0 Å². The molecule has 0 bridgehead atoms. The van der Waals surface area contributed by atoms with Crippen LogP contribution in [0.3, 0.4) is 0 Å². The van der Waals surface area contributed by atoms with Gasteiger partial charge in [0.05, 0.1) is 6.61 Å². The second kappa shape index (κ2) is 10.6. The van der Waals surface area contributed by atoms with E-state index in [0.29, 0.717) is 5.92 Å². The Morgan fingerprint density at radius 2 is 1.44 bits per heavy atom. The van der Waals surface area contributed by atoms with E-state index in [1.54, 1.807) is 0 Å². The molecule has 0 N–H and O–H groups in total. The molecule has 0 aliphatic rings. The Morgan fingerprint density at radius 3 is 2.00 bits per heavy atom. The molecule has 0 unspecified atom stereocenters. The lowest BCUT2D eigenvalue weighted by Gasteiger charge is -2.07. The molecule has 0 atom stereocenters. The Kier molecular flexibility index (Phi) is 8.13. The van der Waals surface area contributed by atoms with Crippen molar-refractivity contribution < 1.29 is 4.74 Å². The average molecular weight is 335 g/mol. The monoisotopic (exact) mass is 334 g/mol. The zero-order chi connectivity index (χ0) is 17.9. The Bertz CT molecular complexity index is 669. The summed E-state index contributed by atoms with van der Waals surface area (Å²) in [7, 11) is 0. The summed E-state index contributed by atoms with van der Waals surface area (Å²) in [6, 6.07) is 16.7. The lowest BCUT2D eigenvalue weighted by atomic mass is 10.1. The van der Waals surface area contributed by atoms with Crippen LogP contribution >= 0.6 is 0 Å². The van der Waals surface area contributed by atoms with E-state index in [9.17, 15) is 0 Å². The summed E-state index contributed by atoms with van der Waals surface area (Å²) in [5, 5.41) is 0. The molecule has 0 saturated carbocycles. The number of hydrogen-bond donors (Lipinski definition) is 0. The minimum absolute atomic E-state index is 0.670. The van der Waals surface area contributed by atoms with Crippen molar-refractivity contribution in [2.75, 3.05) is 6.61 Å². The number of rotatable bonds is 8. The molecule has 2 aromatic rings. The summed E-state index contributed by atoms with van der Waals surface area (Å²) in [5.41, 5.74) is 3.49. The molecule has 1 nitrogen and oxygen atoms in total. The highest BCUT2D eigenvalue weighted by molar-refractivity contribution is 5.44. The van der Waals surface area contributed by atoms with Gasteiger partial charge in [-0.05, 0) is 67.1 Å². The van der Waals surface area contributed by atoms with E-state index in [1.807, 2.05) is 24.3 Å². The Morgan fingerprint density at radius 1 is 0.840 bits per heavy atom. The quantitative estimate of drug-likeness (QED) is 0.410. The molecule has 0 fully saturated rings. The first kappa shape index (κ1) is 19.1. The first-order valence-corrected chi connectivity index (χ1v) is 9.51. The van der Waals surface area contributed by atoms with Crippen molar-refractivity contribution in [3.63, 3.8) is 0 Å². The smallest absolute Gasteiger partial charge is 0.119 e. The summed E-state index contributed by atoms with van der Waals surface area (Å²) >= 11 is 0. The van der Waals surface area contributed by atoms with Gasteiger partial charge in [-0.25, -0.2) is 0 Å². The maximum atomic E-state index is 5.74. The molecular weight excluding hydrogens is 304 g/mol. The van der Waals surface area contributed by atoms with Gasteiger partial charge in [-0.2, -0.15) is 0 Å². The Labute approximate surface area is 153 Å². The standard InChI is InChI=1S/C24H30O/c1-4-5-6-7-21-8-10-22(11-9-21)12-13-23-14-16-24(17-15-23)25-19-18-20(2)3/h8-11,14-17,20H,4-7,18-19H2,1-3H3. The summed E-state index contributed by atoms with van der Waals surface area (Å²) in [6.45, 7) is 7.43. The van der Waals surface area contributed by atoms with E-state index in [4.69, 9.17) is 4.74 Å². The third-order valence-electron chi connectivity index (χ3n) is 4.19. The van der Waals surface area contributed by atoms with Gasteiger partial charge in [-0.1, -0.05) is 57.6 Å². The van der Waals surface area contributed by atoms with Crippen molar-refractivity contribution >= 4 is 0 Å². The lowest BCUT2D eigenvalue weighted by molar-refractivity contribution is 0.289. The first-order chi connectivity index (χ1) is 12.2. The summed E-state index contributed by atoms with van der Waals surface area (Å²) in [5.74, 6) is 8.06. The molecule has 0 aromatic heterocycles. The van der Waals surface area contributed by atoms with E-state index in [1.165, 1.54) is 31.2 Å². The highest BCUT2D eigenvalue weighted by Crippen LogP contribution is 2.13. The van der Waals surface area contributed by atoms with Crippen LogP contribution < -0.4 is 4.74 Å². The van der Waals surface area contributed by atoms with Gasteiger partial charge in [0.25, 0.3) is 0 Å². The molecule has 132 valence electrons. The van der Waals surface area contributed by atoms with Crippen molar-refractivity contribution in [3.05, 3.63) is 65.2 Å². The van der Waals surface area contributed by atoms with Gasteiger partial charge in [0.1, 0.15) is 5.75 Å². The number of hydrogen-bond acceptors (Lipinski definition) is 1. The van der Waals surface area contributed by atoms with Crippen LogP contribution in [-0.4, -0.2) is 6.61 Å². The van der Waals surface area contributed by atoms with E-state index >= 15 is 0 Å². The molecule has 2 aromatic carbocycles. The number of benzene rings is 2. The van der Waals surface area contributed by atoms with Crippen LogP contribution in [0.25, 0.3) is 0 Å². The molecule has 0 aliphatic heterocycles. The van der Waals surface area contributed by atoms with Crippen LogP contribution in [0.15, 0.2) is 48.5 Å². The molecule has 0 heterocycles. The van der Waals surface area contributed by atoms with Crippen LogP contribution in [0.4, 0.5) is 0 Å². The lowest BCUT2D eigenvalue weighted by Crippen LogP contribution is -2.01. The minimum atomic E-state index is 0.670. The van der Waals surface area contributed by atoms with E-state index in [0.717, 1.165) is 29.9 Å². The highest BCUT2D eigenvalue weighted by Gasteiger charge is 1.97. The van der Waals surface area contributed by atoms with Crippen molar-refractivity contribution in [3.8, 4) is 17.6 Å².